The van der Waals surface area contributed by atoms with E-state index >= 15 is 0 Å². The van der Waals surface area contributed by atoms with Crippen molar-refractivity contribution in [3.05, 3.63) is 36.5 Å². The predicted octanol–water partition coefficient (Wildman–Crippen LogP) is 3.64. The van der Waals surface area contributed by atoms with Gasteiger partial charge in [0.25, 0.3) is 0 Å². The second-order valence-corrected chi connectivity index (χ2v) is 7.81. The van der Waals surface area contributed by atoms with Crippen LogP contribution in [0.4, 0.5) is 41.1 Å². The van der Waals surface area contributed by atoms with Crippen LogP contribution in [0, 0.1) is 0 Å². The number of pyridine rings is 2. The highest BCUT2D eigenvalue weighted by molar-refractivity contribution is 6.04. The summed E-state index contributed by atoms with van der Waals surface area (Å²) in [6.07, 6.45) is -1.44. The minimum Gasteiger partial charge on any atom is -0.366 e. The van der Waals surface area contributed by atoms with Crippen LogP contribution in [0.2, 0.25) is 0 Å². The lowest BCUT2D eigenvalue weighted by atomic mass is 10.2. The van der Waals surface area contributed by atoms with Crippen LogP contribution in [0.15, 0.2) is 36.5 Å². The SMILES string of the molecule is O=C(Nc1ccccn1)N1c2nc(N3CCC[C@H]3C(F)(F)F)ccc2N2CCC1C2. The largest absolute Gasteiger partial charge is 0.408 e. The third-order valence-corrected chi connectivity index (χ3v) is 5.98. The Labute approximate surface area is 171 Å². The van der Waals surface area contributed by atoms with E-state index in [1.54, 1.807) is 41.4 Å². The molecule has 0 spiro atoms. The summed E-state index contributed by atoms with van der Waals surface area (Å²) in [6, 6.07) is 6.63. The second-order valence-electron chi connectivity index (χ2n) is 7.81. The van der Waals surface area contributed by atoms with Gasteiger partial charge in [0, 0.05) is 25.8 Å². The molecule has 2 aromatic rings. The molecule has 5 rings (SSSR count). The van der Waals surface area contributed by atoms with Crippen LogP contribution in [-0.4, -0.2) is 53.9 Å². The molecule has 2 saturated heterocycles. The standard InChI is InChI=1S/C20H21F3N6O/c21-20(22,23)15-4-3-10-28(15)17-7-6-14-18(26-17)29(13-8-11-27(14)12-13)19(30)25-16-5-1-2-9-24-16/h1-2,5-7,9,13,15H,3-4,8,10-12H2,(H,24,25,30)/t13?,15-/m0/s1. The van der Waals surface area contributed by atoms with Crippen molar-refractivity contribution >= 4 is 29.2 Å². The summed E-state index contributed by atoms with van der Waals surface area (Å²) in [7, 11) is 0. The van der Waals surface area contributed by atoms with Crippen molar-refractivity contribution in [1.29, 1.82) is 0 Å². The third-order valence-electron chi connectivity index (χ3n) is 5.98. The van der Waals surface area contributed by atoms with Crippen LogP contribution >= 0.6 is 0 Å². The molecule has 1 unspecified atom stereocenters. The molecule has 2 fully saturated rings. The Morgan fingerprint density at radius 3 is 2.77 bits per heavy atom. The van der Waals surface area contributed by atoms with Crippen LogP contribution in [-0.2, 0) is 0 Å². The highest BCUT2D eigenvalue weighted by atomic mass is 19.4. The molecule has 3 aliphatic heterocycles. The maximum absolute atomic E-state index is 13.5. The van der Waals surface area contributed by atoms with Crippen molar-refractivity contribution in [3.63, 3.8) is 0 Å². The molecule has 0 aromatic carbocycles. The molecule has 5 heterocycles. The van der Waals surface area contributed by atoms with Gasteiger partial charge in [-0.1, -0.05) is 6.07 Å². The number of anilines is 4. The number of hydrogen-bond acceptors (Lipinski definition) is 5. The van der Waals surface area contributed by atoms with Gasteiger partial charge < -0.3 is 9.80 Å². The lowest BCUT2D eigenvalue weighted by Gasteiger charge is -2.37. The Hall–Kier alpha value is -3.04. The fourth-order valence-corrected chi connectivity index (χ4v) is 4.61. The monoisotopic (exact) mass is 418 g/mol. The van der Waals surface area contributed by atoms with Gasteiger partial charge in [-0.25, -0.2) is 14.8 Å². The van der Waals surface area contributed by atoms with Crippen molar-refractivity contribution in [1.82, 2.24) is 9.97 Å². The van der Waals surface area contributed by atoms with Gasteiger partial charge >= 0.3 is 12.2 Å². The molecule has 0 aliphatic carbocycles. The van der Waals surface area contributed by atoms with E-state index in [4.69, 9.17) is 0 Å². The van der Waals surface area contributed by atoms with Crippen molar-refractivity contribution < 1.29 is 18.0 Å². The number of halogens is 3. The Balaban J connectivity index is 1.50. The van der Waals surface area contributed by atoms with Crippen LogP contribution in [0.1, 0.15) is 19.3 Å². The molecule has 0 saturated carbocycles. The van der Waals surface area contributed by atoms with Gasteiger partial charge in [-0.05, 0) is 43.5 Å². The molecule has 7 nitrogen and oxygen atoms in total. The summed E-state index contributed by atoms with van der Waals surface area (Å²) in [4.78, 5) is 26.8. The van der Waals surface area contributed by atoms with E-state index in [-0.39, 0.29) is 24.3 Å². The smallest absolute Gasteiger partial charge is 0.366 e. The summed E-state index contributed by atoms with van der Waals surface area (Å²) in [5, 5.41) is 2.78. The van der Waals surface area contributed by atoms with E-state index in [2.05, 4.69) is 20.2 Å². The first kappa shape index (κ1) is 19.0. The number of fused-ring (bicyclic) bond motifs is 4. The first-order valence-corrected chi connectivity index (χ1v) is 10.0. The molecule has 2 bridgehead atoms. The Morgan fingerprint density at radius 2 is 2.00 bits per heavy atom. The first-order chi connectivity index (χ1) is 14.4. The molecule has 3 aliphatic rings. The Kier molecular flexibility index (Phi) is 4.44. The molecule has 2 amide bonds. The lowest BCUT2D eigenvalue weighted by Crippen LogP contribution is -2.49. The van der Waals surface area contributed by atoms with E-state index in [9.17, 15) is 18.0 Å². The summed E-state index contributed by atoms with van der Waals surface area (Å²) < 4.78 is 40.4. The average Bonchev–Trinajstić information content (AvgIpc) is 3.37. The van der Waals surface area contributed by atoms with Crippen molar-refractivity contribution in [2.75, 3.05) is 39.7 Å². The second kappa shape index (κ2) is 7.03. The summed E-state index contributed by atoms with van der Waals surface area (Å²) in [6.45, 7) is 1.75. The topological polar surface area (TPSA) is 64.6 Å². The molecule has 10 heteroatoms. The van der Waals surface area contributed by atoms with Gasteiger partial charge in [0.2, 0.25) is 0 Å². The molecule has 1 N–H and O–H groups in total. The van der Waals surface area contributed by atoms with Crippen molar-refractivity contribution in [2.24, 2.45) is 0 Å². The van der Waals surface area contributed by atoms with Gasteiger partial charge in [-0.3, -0.25) is 10.2 Å². The predicted molar refractivity (Wildman–Crippen MR) is 107 cm³/mol. The summed E-state index contributed by atoms with van der Waals surface area (Å²) in [5.74, 6) is 1.08. The van der Waals surface area contributed by atoms with Crippen molar-refractivity contribution in [3.8, 4) is 0 Å². The number of nitrogens with zero attached hydrogens (tertiary/aromatic N) is 5. The fourth-order valence-electron chi connectivity index (χ4n) is 4.61. The van der Waals surface area contributed by atoms with Gasteiger partial charge in [-0.15, -0.1) is 0 Å². The van der Waals surface area contributed by atoms with E-state index in [0.29, 0.717) is 31.1 Å². The van der Waals surface area contributed by atoms with Crippen LogP contribution in [0.5, 0.6) is 0 Å². The first-order valence-electron chi connectivity index (χ1n) is 10.0. The molecule has 2 aromatic heterocycles. The van der Waals surface area contributed by atoms with Crippen LogP contribution in [0.25, 0.3) is 0 Å². The number of urea groups is 1. The van der Waals surface area contributed by atoms with Gasteiger partial charge in [-0.2, -0.15) is 13.2 Å². The van der Waals surface area contributed by atoms with E-state index in [1.165, 1.54) is 4.90 Å². The normalized spacial score (nSPS) is 23.0. The average molecular weight is 418 g/mol. The molecule has 30 heavy (non-hydrogen) atoms. The number of aromatic nitrogens is 2. The number of carbonyl (C=O) groups excluding carboxylic acids is 1. The zero-order chi connectivity index (χ0) is 20.9. The van der Waals surface area contributed by atoms with Crippen LogP contribution in [0.3, 0.4) is 0 Å². The highest BCUT2D eigenvalue weighted by Gasteiger charge is 2.47. The number of carbonyl (C=O) groups is 1. The molecule has 2 atom stereocenters. The quantitative estimate of drug-likeness (QED) is 0.807. The summed E-state index contributed by atoms with van der Waals surface area (Å²) >= 11 is 0. The van der Waals surface area contributed by atoms with Crippen molar-refractivity contribution in [2.45, 2.75) is 37.5 Å². The zero-order valence-corrected chi connectivity index (χ0v) is 16.1. The number of nitrogens with one attached hydrogen (secondary N) is 1. The minimum atomic E-state index is -4.31. The Morgan fingerprint density at radius 1 is 1.13 bits per heavy atom. The lowest BCUT2D eigenvalue weighted by molar-refractivity contribution is -0.146. The number of amides is 2. The molecular weight excluding hydrogens is 397 g/mol. The van der Waals surface area contributed by atoms with Crippen LogP contribution < -0.4 is 20.0 Å². The van der Waals surface area contributed by atoms with Gasteiger partial charge in [0.05, 0.1) is 11.7 Å². The fraction of sp³-hybridized carbons (Fsp3) is 0.450. The highest BCUT2D eigenvalue weighted by Crippen LogP contribution is 2.42. The molecule has 0 radical (unpaired) electrons. The van der Waals surface area contributed by atoms with E-state index in [1.807, 2.05) is 0 Å². The molecular formula is C20H21F3N6O. The zero-order valence-electron chi connectivity index (χ0n) is 16.1. The minimum absolute atomic E-state index is 0.0564. The number of hydrogen-bond donors (Lipinski definition) is 1. The third kappa shape index (κ3) is 3.20. The summed E-state index contributed by atoms with van der Waals surface area (Å²) in [5.41, 5.74) is 0.770. The maximum Gasteiger partial charge on any atom is 0.408 e. The number of alkyl halides is 3. The van der Waals surface area contributed by atoms with Gasteiger partial charge in [0.15, 0.2) is 5.82 Å². The molecule has 158 valence electrons. The van der Waals surface area contributed by atoms with Gasteiger partial charge in [0.1, 0.15) is 17.7 Å². The van der Waals surface area contributed by atoms with E-state index in [0.717, 1.165) is 18.7 Å². The Bertz CT molecular complexity index is 953. The number of rotatable bonds is 2. The van der Waals surface area contributed by atoms with E-state index < -0.39 is 12.2 Å². The maximum atomic E-state index is 13.5.